The van der Waals surface area contributed by atoms with Crippen LogP contribution < -0.4 is 10.1 Å². The third-order valence-corrected chi connectivity index (χ3v) is 4.92. The molecular weight excluding hydrogens is 387 g/mol. The monoisotopic (exact) mass is 410 g/mol. The third-order valence-electron chi connectivity index (χ3n) is 4.92. The number of hydrogen-bond donors (Lipinski definition) is 1. The summed E-state index contributed by atoms with van der Waals surface area (Å²) < 4.78 is 27.3. The molecule has 4 rings (SSSR count). The van der Waals surface area contributed by atoms with Gasteiger partial charge >= 0.3 is 0 Å². The summed E-state index contributed by atoms with van der Waals surface area (Å²) in [5, 5.41) is 6.92. The van der Waals surface area contributed by atoms with Gasteiger partial charge in [0.1, 0.15) is 24.5 Å². The number of para-hydroxylation sites is 2. The number of carbonyl (C=O) groups excluding carboxylic acids is 1. The van der Waals surface area contributed by atoms with E-state index in [-0.39, 0.29) is 11.7 Å². The molecule has 1 amide bonds. The zero-order valence-corrected chi connectivity index (χ0v) is 16.7. The van der Waals surface area contributed by atoms with E-state index in [0.717, 1.165) is 19.4 Å². The van der Waals surface area contributed by atoms with Crippen LogP contribution in [0.3, 0.4) is 0 Å². The molecule has 1 atom stereocenters. The van der Waals surface area contributed by atoms with Crippen LogP contribution in [0.1, 0.15) is 30.1 Å². The fourth-order valence-electron chi connectivity index (χ4n) is 3.42. The quantitative estimate of drug-likeness (QED) is 0.639. The Balaban J connectivity index is 1.53. The molecule has 30 heavy (non-hydrogen) atoms. The molecule has 3 aromatic rings. The van der Waals surface area contributed by atoms with Gasteiger partial charge in [0.25, 0.3) is 5.91 Å². The van der Waals surface area contributed by atoms with Crippen molar-refractivity contribution in [2.75, 3.05) is 18.5 Å². The van der Waals surface area contributed by atoms with Crippen molar-refractivity contribution in [2.45, 2.75) is 32.4 Å². The van der Waals surface area contributed by atoms with Crippen LogP contribution in [0.4, 0.5) is 10.1 Å². The molecule has 2 aromatic carbocycles. The van der Waals surface area contributed by atoms with Crippen LogP contribution in [-0.2, 0) is 11.3 Å². The molecule has 7 nitrogen and oxygen atoms in total. The average molecular weight is 410 g/mol. The summed E-state index contributed by atoms with van der Waals surface area (Å²) in [6, 6.07) is 11.3. The molecule has 2 heterocycles. The van der Waals surface area contributed by atoms with E-state index in [1.165, 1.54) is 18.5 Å². The lowest BCUT2D eigenvalue weighted by molar-refractivity contribution is 0.0682. The van der Waals surface area contributed by atoms with Gasteiger partial charge in [0, 0.05) is 24.3 Å². The highest BCUT2D eigenvalue weighted by Gasteiger charge is 2.18. The Kier molecular flexibility index (Phi) is 6.04. The van der Waals surface area contributed by atoms with Gasteiger partial charge in [0.05, 0.1) is 11.8 Å². The summed E-state index contributed by atoms with van der Waals surface area (Å²) >= 11 is 0. The van der Waals surface area contributed by atoms with Gasteiger partial charge in [0.2, 0.25) is 0 Å². The van der Waals surface area contributed by atoms with E-state index in [1.807, 2.05) is 13.0 Å². The summed E-state index contributed by atoms with van der Waals surface area (Å²) in [6.07, 6.45) is 3.46. The first-order valence-corrected chi connectivity index (χ1v) is 9.97. The second-order valence-electron chi connectivity index (χ2n) is 7.02. The first-order valence-electron chi connectivity index (χ1n) is 9.97. The molecule has 1 saturated heterocycles. The zero-order valence-electron chi connectivity index (χ0n) is 16.7. The number of aryl methyl sites for hydroxylation is 1. The van der Waals surface area contributed by atoms with Gasteiger partial charge in [0.15, 0.2) is 5.82 Å². The highest BCUT2D eigenvalue weighted by atomic mass is 19.1. The van der Waals surface area contributed by atoms with Crippen LogP contribution in [0.25, 0.3) is 11.4 Å². The molecule has 0 spiro atoms. The van der Waals surface area contributed by atoms with E-state index in [1.54, 1.807) is 28.9 Å². The van der Waals surface area contributed by atoms with Gasteiger partial charge in [-0.1, -0.05) is 12.1 Å². The molecule has 1 N–H and O–H groups in total. The van der Waals surface area contributed by atoms with Gasteiger partial charge in [-0.25, -0.2) is 14.1 Å². The second kappa shape index (κ2) is 9.04. The highest BCUT2D eigenvalue weighted by molar-refractivity contribution is 6.05. The number of aromatic nitrogens is 3. The third kappa shape index (κ3) is 4.49. The van der Waals surface area contributed by atoms with Crippen molar-refractivity contribution in [3.8, 4) is 17.1 Å². The normalized spacial score (nSPS) is 15.9. The Morgan fingerprint density at radius 2 is 2.20 bits per heavy atom. The largest absolute Gasteiger partial charge is 0.489 e. The van der Waals surface area contributed by atoms with Crippen LogP contribution in [0.15, 0.2) is 48.8 Å². The predicted molar refractivity (Wildman–Crippen MR) is 110 cm³/mol. The van der Waals surface area contributed by atoms with Gasteiger partial charge in [-0.15, -0.1) is 0 Å². The van der Waals surface area contributed by atoms with Crippen LogP contribution >= 0.6 is 0 Å². The van der Waals surface area contributed by atoms with Crippen molar-refractivity contribution in [3.63, 3.8) is 0 Å². The molecule has 0 saturated carbocycles. The Morgan fingerprint density at radius 1 is 1.33 bits per heavy atom. The minimum absolute atomic E-state index is 0.0652. The van der Waals surface area contributed by atoms with Crippen molar-refractivity contribution in [3.05, 3.63) is 60.2 Å². The van der Waals surface area contributed by atoms with Crippen LogP contribution in [0, 0.1) is 5.82 Å². The molecule has 156 valence electrons. The maximum absolute atomic E-state index is 14.3. The summed E-state index contributed by atoms with van der Waals surface area (Å²) in [4.78, 5) is 17.0. The van der Waals surface area contributed by atoms with Crippen molar-refractivity contribution in [1.29, 1.82) is 0 Å². The van der Waals surface area contributed by atoms with E-state index >= 15 is 0 Å². The van der Waals surface area contributed by atoms with E-state index in [0.29, 0.717) is 36.0 Å². The van der Waals surface area contributed by atoms with Crippen molar-refractivity contribution in [2.24, 2.45) is 0 Å². The van der Waals surface area contributed by atoms with Gasteiger partial charge < -0.3 is 14.8 Å². The summed E-state index contributed by atoms with van der Waals surface area (Å²) in [5.74, 6) is 0.0905. The fourth-order valence-corrected chi connectivity index (χ4v) is 3.42. The number of anilines is 1. The van der Waals surface area contributed by atoms with Crippen molar-refractivity contribution in [1.82, 2.24) is 14.8 Å². The Morgan fingerprint density at radius 3 is 3.00 bits per heavy atom. The Bertz CT molecular complexity index is 1030. The van der Waals surface area contributed by atoms with Crippen molar-refractivity contribution < 1.29 is 18.7 Å². The minimum Gasteiger partial charge on any atom is -0.489 e. The Hall–Kier alpha value is -3.26. The maximum atomic E-state index is 14.3. The number of nitrogens with one attached hydrogen (secondary N) is 1. The maximum Gasteiger partial charge on any atom is 0.255 e. The molecule has 1 unspecified atom stereocenters. The zero-order chi connectivity index (χ0) is 20.9. The lowest BCUT2D eigenvalue weighted by Crippen LogP contribution is -2.18. The molecule has 0 radical (unpaired) electrons. The lowest BCUT2D eigenvalue weighted by Gasteiger charge is -2.15. The van der Waals surface area contributed by atoms with Crippen LogP contribution in [0.2, 0.25) is 0 Å². The average Bonchev–Trinajstić information content (AvgIpc) is 3.44. The standard InChI is InChI=1S/C22H23FN4O3/c1-2-27-21(24-14-25-27)15-10-16(12-17(23)11-15)22(28)26-19-7-3-4-8-20(19)30-13-18-6-5-9-29-18/h3-4,7-8,10-12,14,18H,2,5-6,9,13H2,1H3,(H,26,28). The number of carbonyl (C=O) groups is 1. The summed E-state index contributed by atoms with van der Waals surface area (Å²) in [7, 11) is 0. The van der Waals surface area contributed by atoms with Gasteiger partial charge in [-0.2, -0.15) is 5.10 Å². The Labute approximate surface area is 173 Å². The topological polar surface area (TPSA) is 78.3 Å². The molecule has 1 aliphatic heterocycles. The SMILES string of the molecule is CCn1ncnc1-c1cc(F)cc(C(=O)Nc2ccccc2OCC2CCCO2)c1. The second-order valence-corrected chi connectivity index (χ2v) is 7.02. The lowest BCUT2D eigenvalue weighted by atomic mass is 10.1. The minimum atomic E-state index is -0.522. The van der Waals surface area contributed by atoms with Gasteiger partial charge in [-0.3, -0.25) is 4.79 Å². The van der Waals surface area contributed by atoms with Crippen LogP contribution in [0.5, 0.6) is 5.75 Å². The number of hydrogen-bond acceptors (Lipinski definition) is 5. The number of rotatable bonds is 7. The van der Waals surface area contributed by atoms with E-state index in [4.69, 9.17) is 9.47 Å². The first kappa shape index (κ1) is 20.0. The van der Waals surface area contributed by atoms with Crippen molar-refractivity contribution >= 4 is 11.6 Å². The number of halogens is 1. The molecule has 8 heteroatoms. The molecule has 0 aliphatic carbocycles. The molecule has 1 aromatic heterocycles. The highest BCUT2D eigenvalue weighted by Crippen LogP contribution is 2.27. The number of benzene rings is 2. The smallest absolute Gasteiger partial charge is 0.255 e. The van der Waals surface area contributed by atoms with E-state index in [9.17, 15) is 9.18 Å². The molecule has 1 fully saturated rings. The van der Waals surface area contributed by atoms with Gasteiger partial charge in [-0.05, 0) is 50.1 Å². The summed E-state index contributed by atoms with van der Waals surface area (Å²) in [5.41, 5.74) is 1.19. The first-order chi connectivity index (χ1) is 14.6. The number of nitrogens with zero attached hydrogens (tertiary/aromatic N) is 3. The summed E-state index contributed by atoms with van der Waals surface area (Å²) in [6.45, 7) is 3.67. The van der Waals surface area contributed by atoms with E-state index < -0.39 is 11.7 Å². The van der Waals surface area contributed by atoms with Crippen LogP contribution in [-0.4, -0.2) is 40.0 Å². The van der Waals surface area contributed by atoms with E-state index in [2.05, 4.69) is 15.4 Å². The molecular formula is C22H23FN4O3. The number of ether oxygens (including phenoxy) is 2. The predicted octanol–water partition coefficient (Wildman–Crippen LogP) is 3.91. The molecule has 1 aliphatic rings. The molecule has 0 bridgehead atoms. The number of amides is 1. The fraction of sp³-hybridized carbons (Fsp3) is 0.318.